The summed E-state index contributed by atoms with van der Waals surface area (Å²) in [5.74, 6) is -3.98. The molecule has 0 fully saturated rings. The Labute approximate surface area is 246 Å². The lowest BCUT2D eigenvalue weighted by molar-refractivity contribution is -0.111. The summed E-state index contributed by atoms with van der Waals surface area (Å²) in [6.45, 7) is 0. The standard InChI is InChI=1S/C28H21F3N4O4S3/c1-34(2)42(38,39)22-5-3-4-20(15-22)35-26(37)24(14-17-6-8-18(29)9-7-17)41-27(35)23(16-32)25(36)33-19-10-12-21(13-11-19)40-28(30)31/h3-15,28H,1-2H3,(H,33,36)/b24-14-,27-23-. The lowest BCUT2D eigenvalue weighted by Gasteiger charge is -2.12. The quantitative estimate of drug-likeness (QED) is 0.297. The first kappa shape index (κ1) is 30.8. The third-order valence-electron chi connectivity index (χ3n) is 5.74. The molecule has 0 saturated heterocycles. The second-order valence-corrected chi connectivity index (χ2v) is 13.0. The largest absolute Gasteiger partial charge is 0.321 e. The molecule has 1 N–H and O–H groups in total. The number of anilines is 1. The van der Waals surface area contributed by atoms with Crippen LogP contribution in [0.2, 0.25) is 0 Å². The van der Waals surface area contributed by atoms with Crippen LogP contribution in [-0.2, 0) is 14.8 Å². The SMILES string of the molecule is CN(C)S(=O)(=O)c1cccc(-n2c(=O)/c(=C/c3ccc(F)cc3)s/c2=C(/C#N)C(=O)Nc2ccc(SC(F)F)cc2)c1. The average molecular weight is 631 g/mol. The fourth-order valence-corrected chi connectivity index (χ4v) is 6.24. The van der Waals surface area contributed by atoms with Crippen molar-refractivity contribution in [1.82, 2.24) is 8.87 Å². The molecule has 0 spiro atoms. The van der Waals surface area contributed by atoms with E-state index in [2.05, 4.69) is 5.32 Å². The van der Waals surface area contributed by atoms with E-state index in [1.165, 1.54) is 93.0 Å². The predicted octanol–water partition coefficient (Wildman–Crippen LogP) is 3.74. The number of halogens is 3. The predicted molar refractivity (Wildman–Crippen MR) is 156 cm³/mol. The minimum absolute atomic E-state index is 0.0851. The van der Waals surface area contributed by atoms with E-state index in [1.807, 2.05) is 6.07 Å². The van der Waals surface area contributed by atoms with Gasteiger partial charge in [0.15, 0.2) is 5.57 Å². The van der Waals surface area contributed by atoms with Crippen LogP contribution in [0.25, 0.3) is 17.3 Å². The minimum Gasteiger partial charge on any atom is -0.321 e. The van der Waals surface area contributed by atoms with E-state index >= 15 is 0 Å². The van der Waals surface area contributed by atoms with Gasteiger partial charge in [0.2, 0.25) is 10.0 Å². The summed E-state index contributed by atoms with van der Waals surface area (Å²) < 4.78 is 66.4. The topological polar surface area (TPSA) is 112 Å². The molecule has 0 aliphatic carbocycles. The molecule has 0 aliphatic heterocycles. The number of amides is 1. The Balaban J connectivity index is 1.92. The van der Waals surface area contributed by atoms with Crippen molar-refractivity contribution < 1.29 is 26.4 Å². The van der Waals surface area contributed by atoms with Gasteiger partial charge in [0.25, 0.3) is 17.2 Å². The van der Waals surface area contributed by atoms with Crippen LogP contribution in [0.3, 0.4) is 0 Å². The van der Waals surface area contributed by atoms with E-state index < -0.39 is 38.6 Å². The van der Waals surface area contributed by atoms with Crippen molar-refractivity contribution in [3.05, 3.63) is 104 Å². The maximum absolute atomic E-state index is 13.7. The first-order valence-electron chi connectivity index (χ1n) is 11.9. The van der Waals surface area contributed by atoms with E-state index in [0.717, 1.165) is 20.2 Å². The molecule has 1 amide bonds. The molecule has 14 heteroatoms. The highest BCUT2D eigenvalue weighted by Gasteiger charge is 2.21. The molecular weight excluding hydrogens is 610 g/mol. The molecule has 0 radical (unpaired) electrons. The van der Waals surface area contributed by atoms with Gasteiger partial charge in [0.1, 0.15) is 16.5 Å². The normalized spacial score (nSPS) is 12.9. The summed E-state index contributed by atoms with van der Waals surface area (Å²) in [5.41, 5.74) is -0.326. The maximum atomic E-state index is 13.7. The van der Waals surface area contributed by atoms with Gasteiger partial charge in [-0.25, -0.2) is 17.1 Å². The number of aromatic nitrogens is 1. The Kier molecular flexibility index (Phi) is 9.37. The molecule has 1 aromatic heterocycles. The first-order chi connectivity index (χ1) is 19.9. The van der Waals surface area contributed by atoms with Crippen LogP contribution in [0.15, 0.2) is 87.4 Å². The van der Waals surface area contributed by atoms with E-state index in [1.54, 1.807) is 0 Å². The molecule has 4 aromatic rings. The number of sulfonamides is 1. The van der Waals surface area contributed by atoms with Gasteiger partial charge in [0, 0.05) is 24.7 Å². The van der Waals surface area contributed by atoms with Crippen LogP contribution in [0.5, 0.6) is 0 Å². The molecule has 1 heterocycles. The van der Waals surface area contributed by atoms with Gasteiger partial charge < -0.3 is 5.32 Å². The number of carbonyl (C=O) groups is 1. The van der Waals surface area contributed by atoms with Crippen LogP contribution < -0.4 is 20.1 Å². The third-order valence-corrected chi connectivity index (χ3v) is 9.36. The van der Waals surface area contributed by atoms with Crippen molar-refractivity contribution in [2.75, 3.05) is 19.4 Å². The lowest BCUT2D eigenvalue weighted by atomic mass is 10.2. The number of nitrogens with zero attached hydrogens (tertiary/aromatic N) is 3. The van der Waals surface area contributed by atoms with E-state index in [0.29, 0.717) is 17.3 Å². The molecule has 4 rings (SSSR count). The highest BCUT2D eigenvalue weighted by molar-refractivity contribution is 7.99. The highest BCUT2D eigenvalue weighted by Crippen LogP contribution is 2.26. The van der Waals surface area contributed by atoms with E-state index in [4.69, 9.17) is 0 Å². The van der Waals surface area contributed by atoms with Crippen LogP contribution >= 0.6 is 23.1 Å². The van der Waals surface area contributed by atoms with Crippen molar-refractivity contribution in [3.63, 3.8) is 0 Å². The van der Waals surface area contributed by atoms with Gasteiger partial charge in [-0.2, -0.15) is 14.0 Å². The van der Waals surface area contributed by atoms with Crippen molar-refractivity contribution in [3.8, 4) is 11.8 Å². The molecule has 0 unspecified atom stereocenters. The highest BCUT2D eigenvalue weighted by atomic mass is 32.2. The summed E-state index contributed by atoms with van der Waals surface area (Å²) in [6.07, 6.45) is 1.46. The van der Waals surface area contributed by atoms with Crippen molar-refractivity contribution in [2.24, 2.45) is 0 Å². The second-order valence-electron chi connectivity index (χ2n) is 8.74. The number of hydrogen-bond donors (Lipinski definition) is 1. The smallest absolute Gasteiger partial charge is 0.288 e. The summed E-state index contributed by atoms with van der Waals surface area (Å²) in [5, 5.41) is 12.5. The van der Waals surface area contributed by atoms with Gasteiger partial charge in [-0.05, 0) is 66.2 Å². The number of hydrogen-bond acceptors (Lipinski definition) is 7. The lowest BCUT2D eigenvalue weighted by Crippen LogP contribution is -2.32. The molecule has 42 heavy (non-hydrogen) atoms. The van der Waals surface area contributed by atoms with E-state index in [9.17, 15) is 36.4 Å². The zero-order chi connectivity index (χ0) is 30.6. The number of thioether (sulfide) groups is 1. The maximum Gasteiger partial charge on any atom is 0.288 e. The van der Waals surface area contributed by atoms with Crippen molar-refractivity contribution >= 4 is 56.4 Å². The fourth-order valence-electron chi connectivity index (χ4n) is 3.70. The number of carbonyl (C=O) groups excluding carboxylic acids is 1. The molecule has 8 nitrogen and oxygen atoms in total. The van der Waals surface area contributed by atoms with Crippen LogP contribution in [0.4, 0.5) is 18.9 Å². The van der Waals surface area contributed by atoms with Crippen LogP contribution in [0, 0.1) is 17.1 Å². The molecule has 0 aliphatic rings. The Hall–Kier alpha value is -4.16. The van der Waals surface area contributed by atoms with Crippen LogP contribution in [-0.4, -0.2) is 43.1 Å². The molecular formula is C28H21F3N4O4S3. The Morgan fingerprint density at radius 2 is 1.76 bits per heavy atom. The van der Waals surface area contributed by atoms with E-state index in [-0.39, 0.29) is 30.4 Å². The molecule has 0 saturated carbocycles. The number of alkyl halides is 2. The van der Waals surface area contributed by atoms with Gasteiger partial charge in [0.05, 0.1) is 15.1 Å². The molecule has 0 atom stereocenters. The van der Waals surface area contributed by atoms with Crippen molar-refractivity contribution in [1.29, 1.82) is 5.26 Å². The number of rotatable bonds is 8. The number of nitrogens with one attached hydrogen (secondary N) is 1. The summed E-state index contributed by atoms with van der Waals surface area (Å²) in [6, 6.07) is 18.2. The van der Waals surface area contributed by atoms with Gasteiger partial charge in [-0.3, -0.25) is 14.2 Å². The zero-order valence-electron chi connectivity index (χ0n) is 21.9. The fraction of sp³-hybridized carbons (Fsp3) is 0.107. The second kappa shape index (κ2) is 12.8. The number of thiazole rings is 1. The molecule has 0 bridgehead atoms. The minimum atomic E-state index is -3.89. The van der Waals surface area contributed by atoms with Gasteiger partial charge in [-0.15, -0.1) is 11.3 Å². The average Bonchev–Trinajstić information content (AvgIpc) is 3.26. The number of nitriles is 1. The number of benzene rings is 3. The zero-order valence-corrected chi connectivity index (χ0v) is 24.4. The van der Waals surface area contributed by atoms with Crippen LogP contribution in [0.1, 0.15) is 5.56 Å². The summed E-state index contributed by atoms with van der Waals surface area (Å²) >= 11 is 1.15. The Bertz CT molecular complexity index is 1960. The van der Waals surface area contributed by atoms with Gasteiger partial charge >= 0.3 is 0 Å². The first-order valence-corrected chi connectivity index (χ1v) is 15.1. The monoisotopic (exact) mass is 630 g/mol. The summed E-state index contributed by atoms with van der Waals surface area (Å²) in [7, 11) is -1.19. The molecule has 216 valence electrons. The van der Waals surface area contributed by atoms with Gasteiger partial charge in [-0.1, -0.05) is 30.0 Å². The Morgan fingerprint density at radius 1 is 1.10 bits per heavy atom. The summed E-state index contributed by atoms with van der Waals surface area (Å²) in [4.78, 5) is 27.1. The Morgan fingerprint density at radius 3 is 2.36 bits per heavy atom. The van der Waals surface area contributed by atoms with Crippen molar-refractivity contribution in [2.45, 2.75) is 15.5 Å². The third kappa shape index (κ3) is 6.82. The molecule has 3 aromatic carbocycles.